The van der Waals surface area contributed by atoms with Gasteiger partial charge in [-0.05, 0) is 42.5 Å². The molecular weight excluding hydrogens is 296 g/mol. The Bertz CT molecular complexity index is 619. The molecule has 20 heavy (non-hydrogen) atoms. The van der Waals surface area contributed by atoms with Crippen LogP contribution in [0.15, 0.2) is 36.4 Å². The van der Waals surface area contributed by atoms with Gasteiger partial charge in [0.1, 0.15) is 0 Å². The minimum Gasteiger partial charge on any atom is -0.382 e. The lowest BCUT2D eigenvalue weighted by molar-refractivity contribution is 0.609. The molecule has 0 aromatic heterocycles. The van der Waals surface area contributed by atoms with Crippen LogP contribution in [0.2, 0.25) is 10.0 Å². The van der Waals surface area contributed by atoms with E-state index in [1.807, 2.05) is 0 Å². The van der Waals surface area contributed by atoms with Gasteiger partial charge in [-0.15, -0.1) is 0 Å². The van der Waals surface area contributed by atoms with Gasteiger partial charge < -0.3 is 5.32 Å². The van der Waals surface area contributed by atoms with E-state index in [0.29, 0.717) is 6.04 Å². The zero-order valence-corrected chi connectivity index (χ0v) is 12.3. The highest BCUT2D eigenvalue weighted by atomic mass is 35.5. The third-order valence-corrected chi connectivity index (χ3v) is 4.25. The van der Waals surface area contributed by atoms with Crippen LogP contribution in [0.25, 0.3) is 0 Å². The summed E-state index contributed by atoms with van der Waals surface area (Å²) in [5.41, 5.74) is 3.56. The highest BCUT2D eigenvalue weighted by molar-refractivity contribution is 6.35. The zero-order valence-electron chi connectivity index (χ0n) is 10.8. The van der Waals surface area contributed by atoms with Gasteiger partial charge in [-0.1, -0.05) is 47.5 Å². The van der Waals surface area contributed by atoms with Crippen LogP contribution in [0.5, 0.6) is 0 Å². The topological polar surface area (TPSA) is 12.0 Å². The fourth-order valence-electron chi connectivity index (χ4n) is 2.70. The molecule has 0 saturated heterocycles. The van der Waals surface area contributed by atoms with Crippen molar-refractivity contribution in [3.8, 4) is 0 Å². The summed E-state index contributed by atoms with van der Waals surface area (Å²) in [6.07, 6.45) is 3.06. The monoisotopic (exact) mass is 309 g/mol. The average Bonchev–Trinajstić information content (AvgIpc) is 2.44. The molecule has 104 valence electrons. The van der Waals surface area contributed by atoms with E-state index in [4.69, 9.17) is 23.2 Å². The summed E-state index contributed by atoms with van der Waals surface area (Å²) >= 11 is 11.6. The van der Waals surface area contributed by atoms with Gasteiger partial charge in [0.15, 0.2) is 5.82 Å². The SMILES string of the molecule is Fc1c(Cl)cc(NC2CCc3ccccc3C2)cc1Cl. The first-order chi connectivity index (χ1) is 9.63. The molecule has 4 heteroatoms. The number of fused-ring (bicyclic) bond motifs is 1. The molecule has 1 nitrogen and oxygen atoms in total. The maximum absolute atomic E-state index is 13.4. The number of anilines is 1. The molecular formula is C16H14Cl2FN. The fourth-order valence-corrected chi connectivity index (χ4v) is 3.18. The van der Waals surface area contributed by atoms with Gasteiger partial charge in [0.25, 0.3) is 0 Å². The molecule has 1 aliphatic rings. The van der Waals surface area contributed by atoms with E-state index in [9.17, 15) is 4.39 Å². The van der Waals surface area contributed by atoms with Crippen LogP contribution < -0.4 is 5.32 Å². The second-order valence-corrected chi connectivity index (χ2v) is 5.92. The van der Waals surface area contributed by atoms with Crippen molar-refractivity contribution in [1.29, 1.82) is 0 Å². The average molecular weight is 310 g/mol. The van der Waals surface area contributed by atoms with Gasteiger partial charge in [0.2, 0.25) is 0 Å². The number of rotatable bonds is 2. The summed E-state index contributed by atoms with van der Waals surface area (Å²) in [6.45, 7) is 0. The maximum atomic E-state index is 13.4. The van der Waals surface area contributed by atoms with Crippen molar-refractivity contribution in [2.45, 2.75) is 25.3 Å². The lowest BCUT2D eigenvalue weighted by atomic mass is 9.88. The zero-order chi connectivity index (χ0) is 14.1. The van der Waals surface area contributed by atoms with Crippen molar-refractivity contribution in [3.63, 3.8) is 0 Å². The van der Waals surface area contributed by atoms with Crippen molar-refractivity contribution in [2.24, 2.45) is 0 Å². The molecule has 0 spiro atoms. The fraction of sp³-hybridized carbons (Fsp3) is 0.250. The number of hydrogen-bond acceptors (Lipinski definition) is 1. The minimum absolute atomic E-state index is 0.0520. The predicted octanol–water partition coefficient (Wildman–Crippen LogP) is 5.10. The predicted molar refractivity (Wildman–Crippen MR) is 82.3 cm³/mol. The van der Waals surface area contributed by atoms with E-state index in [1.54, 1.807) is 12.1 Å². The van der Waals surface area contributed by atoms with E-state index in [-0.39, 0.29) is 10.0 Å². The molecule has 0 saturated carbocycles. The van der Waals surface area contributed by atoms with Gasteiger partial charge in [-0.3, -0.25) is 0 Å². The molecule has 3 rings (SSSR count). The molecule has 0 heterocycles. The quantitative estimate of drug-likeness (QED) is 0.761. The molecule has 2 aromatic rings. The number of halogens is 3. The van der Waals surface area contributed by atoms with E-state index >= 15 is 0 Å². The normalized spacial score (nSPS) is 17.6. The van der Waals surface area contributed by atoms with E-state index in [0.717, 1.165) is 24.9 Å². The van der Waals surface area contributed by atoms with Crippen molar-refractivity contribution in [2.75, 3.05) is 5.32 Å². The second kappa shape index (κ2) is 5.63. The Labute approximate surface area is 127 Å². The first kappa shape index (κ1) is 13.7. The van der Waals surface area contributed by atoms with E-state index in [1.165, 1.54) is 11.1 Å². The molecule has 0 bridgehead atoms. The van der Waals surface area contributed by atoms with Gasteiger partial charge in [-0.2, -0.15) is 0 Å². The van der Waals surface area contributed by atoms with Crippen LogP contribution in [-0.2, 0) is 12.8 Å². The van der Waals surface area contributed by atoms with Crippen molar-refractivity contribution >= 4 is 28.9 Å². The van der Waals surface area contributed by atoms with E-state index < -0.39 is 5.82 Å². The Balaban J connectivity index is 1.77. The van der Waals surface area contributed by atoms with Crippen LogP contribution in [0.4, 0.5) is 10.1 Å². The summed E-state index contributed by atoms with van der Waals surface area (Å²) in [5.74, 6) is -0.562. The van der Waals surface area contributed by atoms with Gasteiger partial charge in [-0.25, -0.2) is 4.39 Å². The maximum Gasteiger partial charge on any atom is 0.160 e. The minimum atomic E-state index is -0.562. The molecule has 0 amide bonds. The van der Waals surface area contributed by atoms with Crippen molar-refractivity contribution in [1.82, 2.24) is 0 Å². The third kappa shape index (κ3) is 2.77. The van der Waals surface area contributed by atoms with Crippen LogP contribution in [0, 0.1) is 5.82 Å². The highest BCUT2D eigenvalue weighted by Crippen LogP contribution is 2.29. The molecule has 0 radical (unpaired) electrons. The van der Waals surface area contributed by atoms with Crippen LogP contribution >= 0.6 is 23.2 Å². The molecule has 1 aliphatic carbocycles. The largest absolute Gasteiger partial charge is 0.382 e. The Morgan fingerprint density at radius 1 is 1.05 bits per heavy atom. The number of hydrogen-bond donors (Lipinski definition) is 1. The number of nitrogens with one attached hydrogen (secondary N) is 1. The molecule has 0 aliphatic heterocycles. The summed E-state index contributed by atoms with van der Waals surface area (Å²) in [7, 11) is 0. The van der Waals surface area contributed by atoms with E-state index in [2.05, 4.69) is 29.6 Å². The van der Waals surface area contributed by atoms with Crippen molar-refractivity contribution < 1.29 is 4.39 Å². The Hall–Kier alpha value is -1.25. The molecule has 1 unspecified atom stereocenters. The second-order valence-electron chi connectivity index (χ2n) is 5.11. The standard InChI is InChI=1S/C16H14Cl2FN/c17-14-8-13(9-15(18)16(14)19)20-12-6-5-10-3-1-2-4-11(10)7-12/h1-4,8-9,12,20H,5-7H2. The van der Waals surface area contributed by atoms with Crippen LogP contribution in [0.3, 0.4) is 0 Å². The molecule has 0 fully saturated rings. The summed E-state index contributed by atoms with van der Waals surface area (Å²) in [6, 6.07) is 12.0. The Morgan fingerprint density at radius 2 is 1.70 bits per heavy atom. The molecule has 1 N–H and O–H groups in total. The lowest BCUT2D eigenvalue weighted by Crippen LogP contribution is -2.27. The lowest BCUT2D eigenvalue weighted by Gasteiger charge is -2.26. The third-order valence-electron chi connectivity index (χ3n) is 3.70. The van der Waals surface area contributed by atoms with Crippen molar-refractivity contribution in [3.05, 3.63) is 63.4 Å². The summed E-state index contributed by atoms with van der Waals surface area (Å²) in [5, 5.41) is 3.50. The smallest absolute Gasteiger partial charge is 0.160 e. The van der Waals surface area contributed by atoms with Gasteiger partial charge in [0.05, 0.1) is 10.0 Å². The van der Waals surface area contributed by atoms with Gasteiger partial charge in [0, 0.05) is 11.7 Å². The molecule has 2 aromatic carbocycles. The Kier molecular flexibility index (Phi) is 3.86. The first-order valence-corrected chi connectivity index (χ1v) is 7.37. The Morgan fingerprint density at radius 3 is 2.40 bits per heavy atom. The van der Waals surface area contributed by atoms with Gasteiger partial charge >= 0.3 is 0 Å². The summed E-state index contributed by atoms with van der Waals surface area (Å²) in [4.78, 5) is 0. The number of benzene rings is 2. The number of aryl methyl sites for hydroxylation is 1. The summed E-state index contributed by atoms with van der Waals surface area (Å²) < 4.78 is 13.4. The van der Waals surface area contributed by atoms with Crippen LogP contribution in [0.1, 0.15) is 17.5 Å². The first-order valence-electron chi connectivity index (χ1n) is 6.61. The molecule has 1 atom stereocenters. The van der Waals surface area contributed by atoms with Crippen LogP contribution in [-0.4, -0.2) is 6.04 Å². The highest BCUT2D eigenvalue weighted by Gasteiger charge is 2.18.